The van der Waals surface area contributed by atoms with E-state index in [4.69, 9.17) is 10.2 Å². The summed E-state index contributed by atoms with van der Waals surface area (Å²) in [6, 6.07) is 1.70. The van der Waals surface area contributed by atoms with Crippen LogP contribution in [0.15, 0.2) is 16.9 Å². The van der Waals surface area contributed by atoms with Gasteiger partial charge in [0.2, 0.25) is 0 Å². The second-order valence-electron chi connectivity index (χ2n) is 3.97. The molecule has 0 radical (unpaired) electrons. The Labute approximate surface area is 105 Å². The normalized spacial score (nSPS) is 11.5. The largest absolute Gasteiger partial charge is 0.508 e. The van der Waals surface area contributed by atoms with E-state index in [0.29, 0.717) is 0 Å². The molecule has 1 heterocycles. The van der Waals surface area contributed by atoms with Crippen molar-refractivity contribution in [1.82, 2.24) is 4.57 Å². The Kier molecular flexibility index (Phi) is 4.57. The van der Waals surface area contributed by atoms with E-state index < -0.39 is 35.6 Å². The Morgan fingerprint density at radius 1 is 1.26 bits per heavy atom. The summed E-state index contributed by atoms with van der Waals surface area (Å²) in [7, 11) is 0. The van der Waals surface area contributed by atoms with Crippen LogP contribution >= 0.6 is 0 Å². The SMILES string of the molecule is O=C(O)c1cc(O)cc(=O)n1CCCCC(F)(F)F. The molecule has 0 unspecified atom stereocenters. The first-order valence-electron chi connectivity index (χ1n) is 5.44. The highest BCUT2D eigenvalue weighted by Gasteiger charge is 2.26. The number of alkyl halides is 3. The summed E-state index contributed by atoms with van der Waals surface area (Å²) < 4.78 is 36.6. The molecule has 0 amide bonds. The predicted octanol–water partition coefficient (Wildman–Crippen LogP) is 1.98. The number of hydrogen-bond acceptors (Lipinski definition) is 3. The molecule has 0 aliphatic rings. The number of pyridine rings is 1. The zero-order valence-electron chi connectivity index (χ0n) is 9.78. The number of aromatic hydroxyl groups is 1. The highest BCUT2D eigenvalue weighted by atomic mass is 19.4. The maximum atomic E-state index is 11.9. The summed E-state index contributed by atoms with van der Waals surface area (Å²) in [5.41, 5.74) is -1.21. The number of unbranched alkanes of at least 4 members (excludes halogenated alkanes) is 1. The number of halogens is 3. The molecule has 8 heteroatoms. The molecule has 0 fully saturated rings. The van der Waals surface area contributed by atoms with Crippen molar-refractivity contribution < 1.29 is 28.2 Å². The van der Waals surface area contributed by atoms with E-state index in [2.05, 4.69) is 0 Å². The van der Waals surface area contributed by atoms with Crippen molar-refractivity contribution >= 4 is 5.97 Å². The Hall–Kier alpha value is -1.99. The predicted molar refractivity (Wildman–Crippen MR) is 59.2 cm³/mol. The molecular weight excluding hydrogens is 267 g/mol. The van der Waals surface area contributed by atoms with E-state index in [0.717, 1.165) is 16.7 Å². The summed E-state index contributed by atoms with van der Waals surface area (Å²) in [4.78, 5) is 22.3. The third kappa shape index (κ3) is 4.65. The van der Waals surface area contributed by atoms with E-state index in [1.54, 1.807) is 0 Å². The standard InChI is InChI=1S/C11H12F3NO4/c12-11(13,14)3-1-2-4-15-8(10(18)19)5-7(16)6-9(15)17/h5-6,16H,1-4H2,(H,18,19). The Balaban J connectivity index is 2.78. The summed E-state index contributed by atoms with van der Waals surface area (Å²) >= 11 is 0. The Morgan fingerprint density at radius 3 is 2.42 bits per heavy atom. The van der Waals surface area contributed by atoms with Crippen molar-refractivity contribution in [1.29, 1.82) is 0 Å². The third-order valence-corrected chi connectivity index (χ3v) is 2.42. The molecule has 0 saturated carbocycles. The van der Waals surface area contributed by atoms with Gasteiger partial charge >= 0.3 is 12.1 Å². The second-order valence-corrected chi connectivity index (χ2v) is 3.97. The fourth-order valence-corrected chi connectivity index (χ4v) is 1.59. The van der Waals surface area contributed by atoms with Crippen molar-refractivity contribution in [2.45, 2.75) is 32.0 Å². The van der Waals surface area contributed by atoms with Crippen molar-refractivity contribution in [3.63, 3.8) is 0 Å². The van der Waals surface area contributed by atoms with Gasteiger partial charge in [-0.25, -0.2) is 4.79 Å². The van der Waals surface area contributed by atoms with Gasteiger partial charge in [-0.1, -0.05) is 0 Å². The van der Waals surface area contributed by atoms with Crippen LogP contribution in [0.25, 0.3) is 0 Å². The van der Waals surface area contributed by atoms with E-state index >= 15 is 0 Å². The molecule has 1 rings (SSSR count). The average molecular weight is 279 g/mol. The lowest BCUT2D eigenvalue weighted by Gasteiger charge is -2.10. The molecule has 5 nitrogen and oxygen atoms in total. The maximum absolute atomic E-state index is 11.9. The molecule has 0 aromatic carbocycles. The summed E-state index contributed by atoms with van der Waals surface area (Å²) in [6.07, 6.45) is -5.43. The van der Waals surface area contributed by atoms with Crippen LogP contribution in [0.2, 0.25) is 0 Å². The van der Waals surface area contributed by atoms with Crippen LogP contribution < -0.4 is 5.56 Å². The lowest BCUT2D eigenvalue weighted by molar-refractivity contribution is -0.135. The molecule has 106 valence electrons. The molecule has 1 aromatic rings. The lowest BCUT2D eigenvalue weighted by Crippen LogP contribution is -2.25. The fraction of sp³-hybridized carbons (Fsp3) is 0.455. The van der Waals surface area contributed by atoms with Crippen LogP contribution in [0.4, 0.5) is 13.2 Å². The van der Waals surface area contributed by atoms with Crippen molar-refractivity contribution in [3.8, 4) is 5.75 Å². The number of rotatable bonds is 5. The minimum absolute atomic E-state index is 0.0183. The smallest absolute Gasteiger partial charge is 0.389 e. The summed E-state index contributed by atoms with van der Waals surface area (Å²) in [5, 5.41) is 18.0. The highest BCUT2D eigenvalue weighted by molar-refractivity contribution is 5.86. The molecule has 0 aliphatic carbocycles. The first-order chi connectivity index (χ1) is 8.70. The van der Waals surface area contributed by atoms with Crippen LogP contribution in [0.5, 0.6) is 5.75 Å². The first kappa shape index (κ1) is 15.1. The van der Waals surface area contributed by atoms with Gasteiger partial charge in [0.1, 0.15) is 11.4 Å². The summed E-state index contributed by atoms with van der Waals surface area (Å²) in [6.45, 7) is -0.142. The average Bonchev–Trinajstić information content (AvgIpc) is 2.24. The topological polar surface area (TPSA) is 79.5 Å². The van der Waals surface area contributed by atoms with Crippen LogP contribution in [0, 0.1) is 0 Å². The molecule has 0 aliphatic heterocycles. The maximum Gasteiger partial charge on any atom is 0.389 e. The summed E-state index contributed by atoms with van der Waals surface area (Å²) in [5.74, 6) is -1.92. The van der Waals surface area contributed by atoms with Gasteiger partial charge in [0.25, 0.3) is 5.56 Å². The second kappa shape index (κ2) is 5.77. The zero-order chi connectivity index (χ0) is 14.6. The van der Waals surface area contributed by atoms with E-state index in [-0.39, 0.29) is 19.4 Å². The van der Waals surface area contributed by atoms with Gasteiger partial charge in [-0.05, 0) is 12.8 Å². The van der Waals surface area contributed by atoms with Gasteiger partial charge in [0, 0.05) is 25.1 Å². The lowest BCUT2D eigenvalue weighted by atomic mass is 10.2. The van der Waals surface area contributed by atoms with Gasteiger partial charge in [-0.2, -0.15) is 13.2 Å². The minimum atomic E-state index is -4.27. The molecule has 2 N–H and O–H groups in total. The number of hydrogen-bond donors (Lipinski definition) is 2. The van der Waals surface area contributed by atoms with Gasteiger partial charge in [0.15, 0.2) is 0 Å². The number of aromatic nitrogens is 1. The number of carbonyl (C=O) groups is 1. The monoisotopic (exact) mass is 279 g/mol. The Bertz CT molecular complexity index is 522. The van der Waals surface area contributed by atoms with Crippen molar-refractivity contribution in [2.75, 3.05) is 0 Å². The molecule has 1 aromatic heterocycles. The van der Waals surface area contributed by atoms with Gasteiger partial charge < -0.3 is 14.8 Å². The van der Waals surface area contributed by atoms with E-state index in [1.165, 1.54) is 0 Å². The van der Waals surface area contributed by atoms with Crippen LogP contribution in [0.3, 0.4) is 0 Å². The van der Waals surface area contributed by atoms with E-state index in [1.807, 2.05) is 0 Å². The molecule has 0 bridgehead atoms. The Morgan fingerprint density at radius 2 is 1.89 bits per heavy atom. The third-order valence-electron chi connectivity index (χ3n) is 2.42. The fourth-order valence-electron chi connectivity index (χ4n) is 1.59. The van der Waals surface area contributed by atoms with Crippen molar-refractivity contribution in [2.24, 2.45) is 0 Å². The number of aromatic carboxylic acids is 1. The molecular formula is C11H12F3NO4. The highest BCUT2D eigenvalue weighted by Crippen LogP contribution is 2.22. The quantitative estimate of drug-likeness (QED) is 0.808. The first-order valence-corrected chi connectivity index (χ1v) is 5.44. The van der Waals surface area contributed by atoms with Crippen LogP contribution in [-0.2, 0) is 6.54 Å². The van der Waals surface area contributed by atoms with Gasteiger partial charge in [-0.15, -0.1) is 0 Å². The van der Waals surface area contributed by atoms with Crippen molar-refractivity contribution in [3.05, 3.63) is 28.2 Å². The molecule has 0 spiro atoms. The van der Waals surface area contributed by atoms with Crippen LogP contribution in [-0.4, -0.2) is 26.9 Å². The minimum Gasteiger partial charge on any atom is -0.508 e. The van der Waals surface area contributed by atoms with Gasteiger partial charge in [0.05, 0.1) is 0 Å². The molecule has 19 heavy (non-hydrogen) atoms. The number of nitrogens with zero attached hydrogens (tertiary/aromatic N) is 1. The molecule has 0 saturated heterocycles. The number of carboxylic acid groups (broad SMARTS) is 1. The van der Waals surface area contributed by atoms with Crippen LogP contribution in [0.1, 0.15) is 29.8 Å². The van der Waals surface area contributed by atoms with Gasteiger partial charge in [-0.3, -0.25) is 4.79 Å². The zero-order valence-corrected chi connectivity index (χ0v) is 9.78. The molecule has 0 atom stereocenters. The number of carboxylic acids is 1. The van der Waals surface area contributed by atoms with E-state index in [9.17, 15) is 22.8 Å².